The highest BCUT2D eigenvalue weighted by molar-refractivity contribution is 6.02. The zero-order valence-electron chi connectivity index (χ0n) is 20.4. The maximum Gasteiger partial charge on any atom is 0.260 e. The zero-order chi connectivity index (χ0) is 23.1. The first-order chi connectivity index (χ1) is 14.1. The van der Waals surface area contributed by atoms with Gasteiger partial charge < -0.3 is 9.47 Å². The third-order valence-corrected chi connectivity index (χ3v) is 3.06. The monoisotopic (exact) mass is 404 g/mol. The van der Waals surface area contributed by atoms with Crippen molar-refractivity contribution in [2.24, 2.45) is 0 Å². The summed E-state index contributed by atoms with van der Waals surface area (Å²) in [5.41, 5.74) is 1.23. The number of carbonyl (C=O) groups excluding carboxylic acids is 1. The van der Waals surface area contributed by atoms with Gasteiger partial charge in [0.25, 0.3) is 5.79 Å². The van der Waals surface area contributed by atoms with Crippen molar-refractivity contribution in [1.29, 1.82) is 0 Å². The molecule has 0 aromatic heterocycles. The predicted octanol–water partition coefficient (Wildman–Crippen LogP) is 7.90. The largest absolute Gasteiger partial charge is 0.343 e. The molecule has 0 spiro atoms. The molecule has 0 radical (unpaired) electrons. The lowest BCUT2D eigenvalue weighted by atomic mass is 9.96. The summed E-state index contributed by atoms with van der Waals surface area (Å²) >= 11 is 0. The van der Waals surface area contributed by atoms with Gasteiger partial charge in [0.1, 0.15) is 0 Å². The smallest absolute Gasteiger partial charge is 0.260 e. The van der Waals surface area contributed by atoms with Crippen molar-refractivity contribution < 1.29 is 14.3 Å². The van der Waals surface area contributed by atoms with Crippen molar-refractivity contribution in [2.75, 3.05) is 14.2 Å². The summed E-state index contributed by atoms with van der Waals surface area (Å²) in [4.78, 5) is 12.7. The summed E-state index contributed by atoms with van der Waals surface area (Å²) in [6.45, 7) is 16.5. The Morgan fingerprint density at radius 3 is 1.31 bits per heavy atom. The molecule has 2 aromatic rings. The molecular formula is C26H44O3. The number of Topliss-reactive ketones (excluding diaryl/α,β-unsaturated/α-hetero) is 1. The van der Waals surface area contributed by atoms with Crippen LogP contribution in [0.2, 0.25) is 0 Å². The van der Waals surface area contributed by atoms with Crippen molar-refractivity contribution in [3.63, 3.8) is 0 Å². The molecule has 0 amide bonds. The fourth-order valence-corrected chi connectivity index (χ4v) is 2.07. The molecule has 2 rings (SSSR count). The molecular weight excluding hydrogens is 360 g/mol. The Morgan fingerprint density at radius 2 is 1.00 bits per heavy atom. The third-order valence-electron chi connectivity index (χ3n) is 3.06. The maximum absolute atomic E-state index is 12.7. The van der Waals surface area contributed by atoms with E-state index in [0.29, 0.717) is 11.1 Å². The summed E-state index contributed by atoms with van der Waals surface area (Å²) in [7, 11) is 2.94. The lowest BCUT2D eigenvalue weighted by Crippen LogP contribution is -2.39. The Hall–Kier alpha value is -1.97. The van der Waals surface area contributed by atoms with Crippen LogP contribution in [-0.2, 0) is 15.3 Å². The summed E-state index contributed by atoms with van der Waals surface area (Å²) in [5, 5.41) is 0. The first-order valence-corrected chi connectivity index (χ1v) is 10.8. The summed E-state index contributed by atoms with van der Waals surface area (Å²) in [5.74, 6) is -1.62. The van der Waals surface area contributed by atoms with Gasteiger partial charge in [0.15, 0.2) is 0 Å². The molecule has 0 aliphatic heterocycles. The van der Waals surface area contributed by atoms with Crippen molar-refractivity contribution >= 4 is 5.78 Å². The number of hydrogen-bond acceptors (Lipinski definition) is 3. The van der Waals surface area contributed by atoms with E-state index in [1.165, 1.54) is 27.1 Å². The standard InChI is InChI=1S/C16H16O3.2C3H8.2C2H6/c1-18-16(19-2,14-11-7-4-8-12-14)15(17)13-9-5-3-6-10-13;2*1-3-2;2*1-2/h3-12H,1-2H3;2*3H2,1-2H3;2*1-2H3. The van der Waals surface area contributed by atoms with E-state index in [1.54, 1.807) is 12.1 Å². The van der Waals surface area contributed by atoms with Gasteiger partial charge in [0.05, 0.1) is 0 Å². The molecule has 0 N–H and O–H groups in total. The molecule has 3 nitrogen and oxygen atoms in total. The van der Waals surface area contributed by atoms with Crippen LogP contribution in [0, 0.1) is 0 Å². The first-order valence-electron chi connectivity index (χ1n) is 10.8. The van der Waals surface area contributed by atoms with E-state index in [2.05, 4.69) is 27.7 Å². The first kappa shape index (κ1) is 31.7. The fourth-order valence-electron chi connectivity index (χ4n) is 2.07. The van der Waals surface area contributed by atoms with E-state index in [-0.39, 0.29) is 5.78 Å². The number of methoxy groups -OCH3 is 2. The van der Waals surface area contributed by atoms with Gasteiger partial charge in [-0.3, -0.25) is 4.79 Å². The van der Waals surface area contributed by atoms with Gasteiger partial charge in [-0.15, -0.1) is 0 Å². The van der Waals surface area contributed by atoms with E-state index >= 15 is 0 Å². The molecule has 29 heavy (non-hydrogen) atoms. The predicted molar refractivity (Wildman–Crippen MR) is 128 cm³/mol. The molecule has 0 aliphatic carbocycles. The summed E-state index contributed by atoms with van der Waals surface area (Å²) < 4.78 is 10.8. The quantitative estimate of drug-likeness (QED) is 0.375. The van der Waals surface area contributed by atoms with E-state index < -0.39 is 5.79 Å². The molecule has 0 atom stereocenters. The van der Waals surface area contributed by atoms with Gasteiger partial charge in [-0.25, -0.2) is 0 Å². The second-order valence-electron chi connectivity index (χ2n) is 5.50. The van der Waals surface area contributed by atoms with E-state index in [4.69, 9.17) is 9.47 Å². The minimum Gasteiger partial charge on any atom is -0.343 e. The van der Waals surface area contributed by atoms with Crippen molar-refractivity contribution in [2.45, 2.75) is 74.0 Å². The van der Waals surface area contributed by atoms with Crippen LogP contribution in [0.5, 0.6) is 0 Å². The van der Waals surface area contributed by atoms with E-state index in [0.717, 1.165) is 0 Å². The molecule has 0 aliphatic rings. The van der Waals surface area contributed by atoms with Crippen LogP contribution < -0.4 is 0 Å². The molecule has 0 bridgehead atoms. The van der Waals surface area contributed by atoms with Gasteiger partial charge in [0.2, 0.25) is 5.78 Å². The van der Waals surface area contributed by atoms with Crippen LogP contribution >= 0.6 is 0 Å². The highest BCUT2D eigenvalue weighted by Crippen LogP contribution is 2.30. The van der Waals surface area contributed by atoms with Crippen LogP contribution in [0.4, 0.5) is 0 Å². The Kier molecular flexibility index (Phi) is 24.4. The Morgan fingerprint density at radius 1 is 0.690 bits per heavy atom. The average Bonchev–Trinajstić information content (AvgIpc) is 2.80. The Bertz CT molecular complexity index is 559. The van der Waals surface area contributed by atoms with Crippen molar-refractivity contribution in [3.8, 4) is 0 Å². The molecule has 3 heteroatoms. The van der Waals surface area contributed by atoms with E-state index in [9.17, 15) is 4.79 Å². The fraction of sp³-hybridized carbons (Fsp3) is 0.500. The van der Waals surface area contributed by atoms with Crippen LogP contribution in [0.1, 0.15) is 84.2 Å². The Balaban J connectivity index is -0.000000579. The minimum absolute atomic E-state index is 0.218. The van der Waals surface area contributed by atoms with Gasteiger partial charge in [-0.2, -0.15) is 0 Å². The normalized spacial score (nSPS) is 9.03. The number of rotatable bonds is 5. The highest BCUT2D eigenvalue weighted by atomic mass is 16.7. The minimum atomic E-state index is -1.40. The van der Waals surface area contributed by atoms with Gasteiger partial charge in [0, 0.05) is 25.3 Å². The van der Waals surface area contributed by atoms with Crippen LogP contribution in [0.15, 0.2) is 60.7 Å². The molecule has 0 unspecified atom stereocenters. The molecule has 0 fully saturated rings. The second-order valence-corrected chi connectivity index (χ2v) is 5.50. The topological polar surface area (TPSA) is 35.5 Å². The van der Waals surface area contributed by atoms with Crippen LogP contribution in [0.3, 0.4) is 0 Å². The summed E-state index contributed by atoms with van der Waals surface area (Å²) in [6.07, 6.45) is 2.50. The molecule has 0 saturated carbocycles. The van der Waals surface area contributed by atoms with E-state index in [1.807, 2.05) is 76.2 Å². The van der Waals surface area contributed by atoms with Crippen LogP contribution in [-0.4, -0.2) is 20.0 Å². The number of carbonyl (C=O) groups is 1. The number of benzene rings is 2. The van der Waals surface area contributed by atoms with Gasteiger partial charge >= 0.3 is 0 Å². The Labute approximate surface area is 180 Å². The zero-order valence-corrected chi connectivity index (χ0v) is 20.4. The molecule has 166 valence electrons. The maximum atomic E-state index is 12.7. The number of hydrogen-bond donors (Lipinski definition) is 0. The van der Waals surface area contributed by atoms with Crippen molar-refractivity contribution in [3.05, 3.63) is 71.8 Å². The lowest BCUT2D eigenvalue weighted by Gasteiger charge is -2.29. The average molecular weight is 405 g/mol. The van der Waals surface area contributed by atoms with Crippen LogP contribution in [0.25, 0.3) is 0 Å². The number of ether oxygens (including phenoxy) is 2. The number of ketones is 1. The highest BCUT2D eigenvalue weighted by Gasteiger charge is 2.41. The third kappa shape index (κ3) is 11.6. The van der Waals surface area contributed by atoms with Gasteiger partial charge in [-0.1, -0.05) is 129 Å². The van der Waals surface area contributed by atoms with Gasteiger partial charge in [-0.05, 0) is 0 Å². The summed E-state index contributed by atoms with van der Waals surface area (Å²) in [6, 6.07) is 18.2. The van der Waals surface area contributed by atoms with Crippen molar-refractivity contribution in [1.82, 2.24) is 0 Å². The lowest BCUT2D eigenvalue weighted by molar-refractivity contribution is -0.176. The SMILES string of the molecule is CC.CC.CCC.CCC.COC(OC)(C(=O)c1ccccc1)c1ccccc1. The molecule has 0 saturated heterocycles. The molecule has 2 aromatic carbocycles. The molecule has 0 heterocycles. The second kappa shape index (κ2) is 22.3.